The Morgan fingerprint density at radius 2 is 2.18 bits per heavy atom. The molecule has 0 radical (unpaired) electrons. The molecule has 17 heavy (non-hydrogen) atoms. The topological polar surface area (TPSA) is 90.1 Å². The Morgan fingerprint density at radius 3 is 2.76 bits per heavy atom. The van der Waals surface area contributed by atoms with Crippen LogP contribution < -0.4 is 5.73 Å². The first kappa shape index (κ1) is 14.3. The number of aromatic nitrogens is 1. The third-order valence-electron chi connectivity index (χ3n) is 2.10. The first-order valence-electron chi connectivity index (χ1n) is 5.07. The van der Waals surface area contributed by atoms with Crippen LogP contribution in [0.15, 0.2) is 18.3 Å². The summed E-state index contributed by atoms with van der Waals surface area (Å²) in [5, 5.41) is 0. The maximum absolute atomic E-state index is 11.7. The average molecular weight is 276 g/mol. The molecule has 0 amide bonds. The summed E-state index contributed by atoms with van der Waals surface area (Å²) >= 11 is 0. The number of rotatable bonds is 6. The Kier molecular flexibility index (Phi) is 5.23. The molecule has 1 atom stereocenters. The van der Waals surface area contributed by atoms with Gasteiger partial charge in [-0.3, -0.25) is 9.19 Å². The van der Waals surface area contributed by atoms with Gasteiger partial charge in [-0.25, -0.2) is 8.42 Å². The Hall–Kier alpha value is -0.790. The van der Waals surface area contributed by atoms with E-state index < -0.39 is 20.6 Å². The molecule has 1 heterocycles. The highest BCUT2D eigenvalue weighted by atomic mass is 32.2. The Bertz CT molecular complexity index is 500. The van der Waals surface area contributed by atoms with E-state index in [9.17, 15) is 12.6 Å². The molecular weight excluding hydrogens is 260 g/mol. The van der Waals surface area contributed by atoms with E-state index >= 15 is 0 Å². The minimum absolute atomic E-state index is 0.0472. The van der Waals surface area contributed by atoms with Gasteiger partial charge in [-0.1, -0.05) is 0 Å². The molecule has 7 heteroatoms. The molecule has 0 aromatic carbocycles. The Balaban J connectivity index is 2.56. The highest BCUT2D eigenvalue weighted by Gasteiger charge is 2.08. The normalized spacial score (nSPS) is 13.5. The van der Waals surface area contributed by atoms with Crippen LogP contribution in [0, 0.1) is 0 Å². The van der Waals surface area contributed by atoms with Crippen molar-refractivity contribution in [1.29, 1.82) is 0 Å². The molecule has 0 bridgehead atoms. The highest BCUT2D eigenvalue weighted by Crippen LogP contribution is 2.05. The fraction of sp³-hybridized carbons (Fsp3) is 0.500. The summed E-state index contributed by atoms with van der Waals surface area (Å²) in [4.78, 5) is 4.03. The number of pyridine rings is 1. The van der Waals surface area contributed by atoms with Crippen LogP contribution in [0.5, 0.6) is 0 Å². The van der Waals surface area contributed by atoms with Crippen molar-refractivity contribution < 1.29 is 12.6 Å². The largest absolute Gasteiger partial charge is 0.325 e. The molecule has 1 aromatic rings. The van der Waals surface area contributed by atoms with Crippen LogP contribution in [0.3, 0.4) is 0 Å². The number of hydrogen-bond donors (Lipinski definition) is 1. The lowest BCUT2D eigenvalue weighted by Crippen LogP contribution is -2.13. The van der Waals surface area contributed by atoms with Crippen LogP contribution in [0.1, 0.15) is 11.3 Å². The lowest BCUT2D eigenvalue weighted by Gasteiger charge is -2.03. The minimum Gasteiger partial charge on any atom is -0.325 e. The Labute approximate surface area is 104 Å². The summed E-state index contributed by atoms with van der Waals surface area (Å²) in [6.45, 7) is 0.337. The molecule has 0 fully saturated rings. The van der Waals surface area contributed by atoms with E-state index in [1.165, 1.54) is 0 Å². The van der Waals surface area contributed by atoms with Crippen LogP contribution in [-0.4, -0.2) is 35.4 Å². The van der Waals surface area contributed by atoms with Gasteiger partial charge in [-0.2, -0.15) is 0 Å². The predicted molar refractivity (Wildman–Crippen MR) is 68.6 cm³/mol. The van der Waals surface area contributed by atoms with Crippen LogP contribution in [0.25, 0.3) is 0 Å². The molecule has 0 saturated carbocycles. The molecule has 96 valence electrons. The average Bonchev–Trinajstić information content (AvgIpc) is 2.26. The molecule has 0 saturated heterocycles. The van der Waals surface area contributed by atoms with Crippen LogP contribution >= 0.6 is 0 Å². The quantitative estimate of drug-likeness (QED) is 0.779. The van der Waals surface area contributed by atoms with Crippen LogP contribution in [-0.2, 0) is 32.9 Å². The number of nitrogens with zero attached hydrogens (tertiary/aromatic N) is 1. The number of sulfone groups is 1. The van der Waals surface area contributed by atoms with Crippen molar-refractivity contribution in [1.82, 2.24) is 4.98 Å². The van der Waals surface area contributed by atoms with E-state index in [2.05, 4.69) is 4.98 Å². The third-order valence-corrected chi connectivity index (χ3v) is 4.62. The summed E-state index contributed by atoms with van der Waals surface area (Å²) in [5.41, 5.74) is 7.05. The third kappa shape index (κ3) is 5.90. The molecule has 0 spiro atoms. The van der Waals surface area contributed by atoms with Gasteiger partial charge in [0.1, 0.15) is 9.84 Å². The molecule has 0 aliphatic rings. The van der Waals surface area contributed by atoms with Gasteiger partial charge in [-0.15, -0.1) is 0 Å². The van der Waals surface area contributed by atoms with E-state index in [1.54, 1.807) is 18.3 Å². The van der Waals surface area contributed by atoms with Crippen molar-refractivity contribution in [3.8, 4) is 0 Å². The van der Waals surface area contributed by atoms with Gasteiger partial charge in [0.2, 0.25) is 0 Å². The second-order valence-corrected chi connectivity index (χ2v) is 7.61. The molecule has 1 rings (SSSR count). The fourth-order valence-corrected chi connectivity index (χ4v) is 3.88. The van der Waals surface area contributed by atoms with Gasteiger partial charge in [0, 0.05) is 41.3 Å². The zero-order valence-electron chi connectivity index (χ0n) is 9.63. The maximum Gasteiger partial charge on any atom is 0.148 e. The van der Waals surface area contributed by atoms with E-state index in [-0.39, 0.29) is 11.5 Å². The van der Waals surface area contributed by atoms with Crippen molar-refractivity contribution in [3.63, 3.8) is 0 Å². The zero-order valence-corrected chi connectivity index (χ0v) is 11.3. The van der Waals surface area contributed by atoms with Gasteiger partial charge in [0.25, 0.3) is 0 Å². The van der Waals surface area contributed by atoms with Crippen LogP contribution in [0.4, 0.5) is 0 Å². The van der Waals surface area contributed by atoms with Crippen molar-refractivity contribution in [3.05, 3.63) is 29.6 Å². The smallest absolute Gasteiger partial charge is 0.148 e. The summed E-state index contributed by atoms with van der Waals surface area (Å²) in [7, 11) is -4.23. The van der Waals surface area contributed by atoms with Gasteiger partial charge in [0.05, 0.1) is 11.4 Å². The molecule has 0 aliphatic carbocycles. The van der Waals surface area contributed by atoms with Crippen molar-refractivity contribution in [2.24, 2.45) is 5.73 Å². The van der Waals surface area contributed by atoms with Gasteiger partial charge >= 0.3 is 0 Å². The summed E-state index contributed by atoms with van der Waals surface area (Å²) in [5.74, 6) is 0.457. The van der Waals surface area contributed by atoms with Gasteiger partial charge in [-0.05, 0) is 17.7 Å². The minimum atomic E-state index is -3.05. The highest BCUT2D eigenvalue weighted by molar-refractivity contribution is 7.92. The van der Waals surface area contributed by atoms with Crippen LogP contribution in [0.2, 0.25) is 0 Å². The molecule has 1 unspecified atom stereocenters. The van der Waals surface area contributed by atoms with E-state index in [1.807, 2.05) is 0 Å². The predicted octanol–water partition coefficient (Wildman–Crippen LogP) is -0.166. The summed E-state index contributed by atoms with van der Waals surface area (Å²) in [6, 6.07) is 3.55. The SMILES string of the molecule is CS(=O)(=O)CCS(=O)Cc1ccnc(CN)c1. The second-order valence-electron chi connectivity index (χ2n) is 3.78. The maximum atomic E-state index is 11.7. The first-order chi connectivity index (χ1) is 7.90. The van der Waals surface area contributed by atoms with E-state index in [0.717, 1.165) is 17.5 Å². The van der Waals surface area contributed by atoms with Gasteiger partial charge in [0.15, 0.2) is 0 Å². The second kappa shape index (κ2) is 6.23. The molecule has 0 aliphatic heterocycles. The Morgan fingerprint density at radius 1 is 1.47 bits per heavy atom. The standard InChI is InChI=1S/C10H16N2O3S2/c1-17(14,15)5-4-16(13)8-9-2-3-12-10(6-9)7-11/h2-3,6H,4-5,7-8,11H2,1H3. The van der Waals surface area contributed by atoms with E-state index in [4.69, 9.17) is 5.73 Å². The summed E-state index contributed by atoms with van der Waals surface area (Å²) in [6.07, 6.45) is 2.76. The summed E-state index contributed by atoms with van der Waals surface area (Å²) < 4.78 is 33.5. The molecule has 5 nitrogen and oxygen atoms in total. The van der Waals surface area contributed by atoms with Gasteiger partial charge < -0.3 is 5.73 Å². The molecule has 2 N–H and O–H groups in total. The van der Waals surface area contributed by atoms with Crippen molar-refractivity contribution in [2.45, 2.75) is 12.3 Å². The lowest BCUT2D eigenvalue weighted by atomic mass is 10.2. The fourth-order valence-electron chi connectivity index (χ4n) is 1.23. The molecule has 1 aromatic heterocycles. The zero-order chi connectivity index (χ0) is 12.9. The number of hydrogen-bond acceptors (Lipinski definition) is 5. The van der Waals surface area contributed by atoms with Crippen molar-refractivity contribution in [2.75, 3.05) is 17.8 Å². The lowest BCUT2D eigenvalue weighted by molar-refractivity contribution is 0.602. The van der Waals surface area contributed by atoms with E-state index in [0.29, 0.717) is 12.3 Å². The molecular formula is C10H16N2O3S2. The monoisotopic (exact) mass is 276 g/mol. The number of nitrogens with two attached hydrogens (primary N) is 1. The first-order valence-corrected chi connectivity index (χ1v) is 8.62. The van der Waals surface area contributed by atoms with Crippen molar-refractivity contribution >= 4 is 20.6 Å².